The minimum Gasteiger partial charge on any atom is -0.477 e. The zero-order chi connectivity index (χ0) is 25.0. The van der Waals surface area contributed by atoms with E-state index in [0.29, 0.717) is 6.42 Å². The first-order valence-corrected chi connectivity index (χ1v) is 10.1. The van der Waals surface area contributed by atoms with Crippen LogP contribution in [-0.2, 0) is 30.2 Å². The Bertz CT molecular complexity index is 839. The standard InChI is InChI=1S/C21H29NO11/c1-6-7-10-30-20(27)33-21(17(23)24,22-13(2)3)12-14-8-9-15(31-18(25)28-4)16(11-14)32-19(26)29-5/h8-9,11,13,22H,6-7,10,12H2,1-5H3,(H,23,24)/t21-/m0/s1. The summed E-state index contributed by atoms with van der Waals surface area (Å²) in [7, 11) is 2.17. The van der Waals surface area contributed by atoms with Gasteiger partial charge < -0.3 is 33.5 Å². The Morgan fingerprint density at radius 3 is 2.12 bits per heavy atom. The molecule has 1 atom stereocenters. The van der Waals surface area contributed by atoms with Crippen LogP contribution in [0.15, 0.2) is 18.2 Å². The molecule has 0 spiro atoms. The average molecular weight is 471 g/mol. The second-order valence-corrected chi connectivity index (χ2v) is 7.06. The molecule has 0 bridgehead atoms. The number of methoxy groups -OCH3 is 2. The number of carbonyl (C=O) groups excluding carboxylic acids is 3. The van der Waals surface area contributed by atoms with Crippen LogP contribution in [0, 0.1) is 0 Å². The van der Waals surface area contributed by atoms with Gasteiger partial charge in [-0.1, -0.05) is 19.4 Å². The van der Waals surface area contributed by atoms with Crippen LogP contribution < -0.4 is 14.8 Å². The second-order valence-electron chi connectivity index (χ2n) is 7.06. The van der Waals surface area contributed by atoms with Crippen molar-refractivity contribution >= 4 is 24.4 Å². The number of rotatable bonds is 11. The number of carboxylic acids is 1. The van der Waals surface area contributed by atoms with Crippen LogP contribution in [0.3, 0.4) is 0 Å². The van der Waals surface area contributed by atoms with E-state index < -0.39 is 36.2 Å². The molecule has 184 valence electrons. The first-order chi connectivity index (χ1) is 15.6. The molecule has 33 heavy (non-hydrogen) atoms. The van der Waals surface area contributed by atoms with Crippen molar-refractivity contribution in [2.24, 2.45) is 0 Å². The molecule has 1 aromatic rings. The van der Waals surface area contributed by atoms with E-state index in [1.54, 1.807) is 13.8 Å². The molecule has 0 radical (unpaired) electrons. The number of hydrogen-bond acceptors (Lipinski definition) is 11. The Hall–Kier alpha value is -3.54. The van der Waals surface area contributed by atoms with E-state index in [4.69, 9.17) is 18.9 Å². The average Bonchev–Trinajstić information content (AvgIpc) is 2.74. The monoisotopic (exact) mass is 471 g/mol. The molecule has 1 rings (SSSR count). The molecular weight excluding hydrogens is 442 g/mol. The van der Waals surface area contributed by atoms with Gasteiger partial charge >= 0.3 is 24.4 Å². The normalized spacial score (nSPS) is 12.3. The number of aliphatic carboxylic acids is 1. The molecular formula is C21H29NO11. The molecule has 12 nitrogen and oxygen atoms in total. The fourth-order valence-electron chi connectivity index (χ4n) is 2.61. The van der Waals surface area contributed by atoms with Crippen molar-refractivity contribution in [3.63, 3.8) is 0 Å². The maximum absolute atomic E-state index is 12.2. The summed E-state index contributed by atoms with van der Waals surface area (Å²) in [4.78, 5) is 47.4. The van der Waals surface area contributed by atoms with Crippen molar-refractivity contribution < 1.29 is 52.7 Å². The van der Waals surface area contributed by atoms with Gasteiger partial charge in [-0.25, -0.2) is 19.2 Å². The van der Waals surface area contributed by atoms with Gasteiger partial charge in [-0.2, -0.15) is 0 Å². The van der Waals surface area contributed by atoms with E-state index in [-0.39, 0.29) is 30.1 Å². The van der Waals surface area contributed by atoms with Crippen molar-refractivity contribution in [1.29, 1.82) is 0 Å². The van der Waals surface area contributed by atoms with E-state index >= 15 is 0 Å². The van der Waals surface area contributed by atoms with E-state index in [1.807, 2.05) is 6.92 Å². The molecule has 2 N–H and O–H groups in total. The highest BCUT2D eigenvalue weighted by atomic mass is 16.7. The lowest BCUT2D eigenvalue weighted by Gasteiger charge is -2.31. The molecule has 12 heteroatoms. The molecule has 0 amide bonds. The molecule has 0 fully saturated rings. The number of unbranched alkanes of at least 4 members (excludes halogenated alkanes) is 1. The van der Waals surface area contributed by atoms with E-state index in [1.165, 1.54) is 18.2 Å². The van der Waals surface area contributed by atoms with Crippen LogP contribution in [0.25, 0.3) is 0 Å². The van der Waals surface area contributed by atoms with Gasteiger partial charge in [0.05, 0.1) is 20.8 Å². The van der Waals surface area contributed by atoms with Crippen molar-refractivity contribution in [2.45, 2.75) is 51.8 Å². The molecule has 0 saturated carbocycles. The largest absolute Gasteiger partial charge is 0.513 e. The van der Waals surface area contributed by atoms with Gasteiger partial charge in [0.1, 0.15) is 0 Å². The third-order valence-corrected chi connectivity index (χ3v) is 4.02. The van der Waals surface area contributed by atoms with Crippen LogP contribution in [0.5, 0.6) is 11.5 Å². The summed E-state index contributed by atoms with van der Waals surface area (Å²) in [6.45, 7) is 5.31. The highest BCUT2D eigenvalue weighted by molar-refractivity contribution is 5.80. The van der Waals surface area contributed by atoms with Gasteiger partial charge in [0, 0.05) is 12.5 Å². The lowest BCUT2D eigenvalue weighted by molar-refractivity contribution is -0.166. The SMILES string of the molecule is CCCCOC(=O)O[C@](Cc1ccc(OC(=O)OC)c(OC(=O)OC)c1)(NC(C)C)C(=O)O. The quantitative estimate of drug-likeness (QED) is 0.160. The molecule has 0 heterocycles. The smallest absolute Gasteiger partial charge is 0.477 e. The van der Waals surface area contributed by atoms with E-state index in [9.17, 15) is 24.3 Å². The van der Waals surface area contributed by atoms with Gasteiger partial charge in [0.25, 0.3) is 5.72 Å². The zero-order valence-corrected chi connectivity index (χ0v) is 19.2. The van der Waals surface area contributed by atoms with Crippen LogP contribution >= 0.6 is 0 Å². The summed E-state index contributed by atoms with van der Waals surface area (Å²) in [5.74, 6) is -1.92. The summed E-state index contributed by atoms with van der Waals surface area (Å²) >= 11 is 0. The van der Waals surface area contributed by atoms with Crippen LogP contribution in [0.1, 0.15) is 39.2 Å². The minimum atomic E-state index is -2.20. The molecule has 0 aliphatic heterocycles. The van der Waals surface area contributed by atoms with Crippen molar-refractivity contribution in [3.05, 3.63) is 23.8 Å². The highest BCUT2D eigenvalue weighted by Gasteiger charge is 2.44. The van der Waals surface area contributed by atoms with Gasteiger partial charge in [-0.15, -0.1) is 0 Å². The van der Waals surface area contributed by atoms with Crippen molar-refractivity contribution in [2.75, 3.05) is 20.8 Å². The summed E-state index contributed by atoms with van der Waals surface area (Å²) in [5.41, 5.74) is -1.95. The molecule has 0 aromatic heterocycles. The zero-order valence-electron chi connectivity index (χ0n) is 19.2. The second kappa shape index (κ2) is 13.1. The maximum Gasteiger partial charge on any atom is 0.513 e. The summed E-state index contributed by atoms with van der Waals surface area (Å²) in [6.07, 6.45) is -2.37. The molecule has 1 aromatic carbocycles. The lowest BCUT2D eigenvalue weighted by Crippen LogP contribution is -2.59. The molecule has 0 aliphatic rings. The summed E-state index contributed by atoms with van der Waals surface area (Å²) < 4.78 is 28.9. The predicted octanol–water partition coefficient (Wildman–Crippen LogP) is 3.25. The number of hydrogen-bond donors (Lipinski definition) is 2. The Balaban J connectivity index is 3.31. The van der Waals surface area contributed by atoms with E-state index in [2.05, 4.69) is 14.8 Å². The Kier molecular flexibility index (Phi) is 10.9. The minimum absolute atomic E-state index is 0.0728. The maximum atomic E-state index is 12.2. The van der Waals surface area contributed by atoms with Gasteiger partial charge in [-0.3, -0.25) is 5.32 Å². The number of ether oxygens (including phenoxy) is 6. The highest BCUT2D eigenvalue weighted by Crippen LogP contribution is 2.31. The third-order valence-electron chi connectivity index (χ3n) is 4.02. The summed E-state index contributed by atoms with van der Waals surface area (Å²) in [5, 5.41) is 12.7. The van der Waals surface area contributed by atoms with Crippen LogP contribution in [-0.4, -0.2) is 62.1 Å². The molecule has 0 saturated heterocycles. The number of benzene rings is 1. The predicted molar refractivity (Wildman–Crippen MR) is 112 cm³/mol. The van der Waals surface area contributed by atoms with Gasteiger partial charge in [0.2, 0.25) is 0 Å². The Labute approximate surface area is 191 Å². The van der Waals surface area contributed by atoms with Crippen molar-refractivity contribution in [3.8, 4) is 11.5 Å². The Morgan fingerprint density at radius 2 is 1.61 bits per heavy atom. The first-order valence-electron chi connectivity index (χ1n) is 10.1. The van der Waals surface area contributed by atoms with E-state index in [0.717, 1.165) is 20.6 Å². The van der Waals surface area contributed by atoms with Crippen LogP contribution in [0.2, 0.25) is 0 Å². The number of carbonyl (C=O) groups is 4. The van der Waals surface area contributed by atoms with Crippen LogP contribution in [0.4, 0.5) is 14.4 Å². The molecule has 0 aliphatic carbocycles. The van der Waals surface area contributed by atoms with Crippen molar-refractivity contribution in [1.82, 2.24) is 5.32 Å². The number of nitrogens with one attached hydrogen (secondary N) is 1. The fourth-order valence-corrected chi connectivity index (χ4v) is 2.61. The van der Waals surface area contributed by atoms with Gasteiger partial charge in [-0.05, 0) is 38.0 Å². The Morgan fingerprint density at radius 1 is 1.00 bits per heavy atom. The fraction of sp³-hybridized carbons (Fsp3) is 0.524. The first kappa shape index (κ1) is 27.5. The topological polar surface area (TPSA) is 156 Å². The molecule has 0 unspecified atom stereocenters. The lowest BCUT2D eigenvalue weighted by atomic mass is 10.0. The number of carboxylic acid groups (broad SMARTS) is 1. The third kappa shape index (κ3) is 8.85. The summed E-state index contributed by atoms with van der Waals surface area (Å²) in [6, 6.07) is 3.48. The van der Waals surface area contributed by atoms with Gasteiger partial charge in [0.15, 0.2) is 11.5 Å².